The molecule has 4 heteroatoms. The Balaban J connectivity index is 1.76. The molecule has 0 N–H and O–H groups in total. The van der Waals surface area contributed by atoms with E-state index in [0.29, 0.717) is 0 Å². The molecule has 1 aromatic rings. The Hall–Kier alpha value is -0.870. The summed E-state index contributed by atoms with van der Waals surface area (Å²) in [4.78, 5) is 2.64. The third-order valence-electron chi connectivity index (χ3n) is 3.81. The molecule has 0 saturated carbocycles. The van der Waals surface area contributed by atoms with Gasteiger partial charge in [-0.2, -0.15) is 5.10 Å². The minimum absolute atomic E-state index is 0.754. The van der Waals surface area contributed by atoms with Gasteiger partial charge in [-0.25, -0.2) is 0 Å². The van der Waals surface area contributed by atoms with Gasteiger partial charge in [-0.15, -0.1) is 0 Å². The highest BCUT2D eigenvalue weighted by molar-refractivity contribution is 4.80. The van der Waals surface area contributed by atoms with Gasteiger partial charge >= 0.3 is 0 Å². The fraction of sp³-hybridized carbons (Fsp3) is 0.786. The third kappa shape index (κ3) is 4.10. The van der Waals surface area contributed by atoms with Gasteiger partial charge in [0.1, 0.15) is 0 Å². The number of likely N-dealkylation sites (tertiary alicyclic amines) is 1. The molecule has 4 nitrogen and oxygen atoms in total. The average Bonchev–Trinajstić information content (AvgIpc) is 2.91. The summed E-state index contributed by atoms with van der Waals surface area (Å²) in [6.07, 6.45) is 10.4. The zero-order valence-corrected chi connectivity index (χ0v) is 11.4. The summed E-state index contributed by atoms with van der Waals surface area (Å²) < 4.78 is 7.18. The summed E-state index contributed by atoms with van der Waals surface area (Å²) in [6, 6.07) is 2.75. The third-order valence-corrected chi connectivity index (χ3v) is 3.81. The predicted octanol–water partition coefficient (Wildman–Crippen LogP) is 2.16. The molecule has 1 saturated heterocycles. The maximum Gasteiger partial charge on any atom is 0.0536 e. The molecule has 0 radical (unpaired) electrons. The molecule has 102 valence electrons. The molecule has 0 unspecified atom stereocenters. The van der Waals surface area contributed by atoms with Crippen LogP contribution in [-0.2, 0) is 11.3 Å². The van der Waals surface area contributed by atoms with Crippen molar-refractivity contribution >= 4 is 0 Å². The molecule has 1 atom stereocenters. The SMILES string of the molecule is COCCC[C@H]1CCCCN1CCn1cccn1. The monoisotopic (exact) mass is 251 g/mol. The first kappa shape index (κ1) is 13.6. The summed E-state index contributed by atoms with van der Waals surface area (Å²) in [5.41, 5.74) is 0. The van der Waals surface area contributed by atoms with E-state index in [2.05, 4.69) is 10.00 Å². The highest BCUT2D eigenvalue weighted by atomic mass is 16.5. The van der Waals surface area contributed by atoms with Gasteiger partial charge in [-0.1, -0.05) is 6.42 Å². The minimum Gasteiger partial charge on any atom is -0.385 e. The second kappa shape index (κ2) is 7.54. The summed E-state index contributed by atoms with van der Waals surface area (Å²) in [6.45, 7) is 4.27. The van der Waals surface area contributed by atoms with Crippen LogP contribution in [0.25, 0.3) is 0 Å². The number of methoxy groups -OCH3 is 1. The molecule has 2 heterocycles. The number of nitrogens with zero attached hydrogens (tertiary/aromatic N) is 3. The van der Waals surface area contributed by atoms with E-state index in [9.17, 15) is 0 Å². The first-order valence-corrected chi connectivity index (χ1v) is 7.10. The molecule has 1 fully saturated rings. The van der Waals surface area contributed by atoms with E-state index in [0.717, 1.165) is 25.7 Å². The molecular formula is C14H25N3O. The van der Waals surface area contributed by atoms with E-state index < -0.39 is 0 Å². The van der Waals surface area contributed by atoms with Crippen molar-refractivity contribution in [2.45, 2.75) is 44.7 Å². The van der Waals surface area contributed by atoms with Crippen molar-refractivity contribution in [3.05, 3.63) is 18.5 Å². The van der Waals surface area contributed by atoms with Gasteiger partial charge in [0.15, 0.2) is 0 Å². The minimum atomic E-state index is 0.754. The van der Waals surface area contributed by atoms with Crippen LogP contribution in [0.5, 0.6) is 0 Å². The lowest BCUT2D eigenvalue weighted by Crippen LogP contribution is -2.41. The quantitative estimate of drug-likeness (QED) is 0.696. The maximum atomic E-state index is 5.15. The molecule has 1 aliphatic heterocycles. The van der Waals surface area contributed by atoms with Crippen molar-refractivity contribution in [1.82, 2.24) is 14.7 Å². The van der Waals surface area contributed by atoms with E-state index in [4.69, 9.17) is 4.74 Å². The fourth-order valence-electron chi connectivity index (χ4n) is 2.81. The van der Waals surface area contributed by atoms with Gasteiger partial charge in [-0.3, -0.25) is 9.58 Å². The van der Waals surface area contributed by atoms with Crippen LogP contribution in [0.3, 0.4) is 0 Å². The highest BCUT2D eigenvalue weighted by Crippen LogP contribution is 2.20. The summed E-state index contributed by atoms with van der Waals surface area (Å²) in [5, 5.41) is 4.27. The second-order valence-electron chi connectivity index (χ2n) is 5.09. The van der Waals surface area contributed by atoms with Crippen LogP contribution in [0.1, 0.15) is 32.1 Å². The number of aromatic nitrogens is 2. The Morgan fingerprint density at radius 2 is 2.28 bits per heavy atom. The van der Waals surface area contributed by atoms with E-state index in [-0.39, 0.29) is 0 Å². The smallest absolute Gasteiger partial charge is 0.0536 e. The van der Waals surface area contributed by atoms with Crippen molar-refractivity contribution < 1.29 is 4.74 Å². The fourth-order valence-corrected chi connectivity index (χ4v) is 2.81. The van der Waals surface area contributed by atoms with Crippen LogP contribution in [0.15, 0.2) is 18.5 Å². The molecule has 2 rings (SSSR count). The summed E-state index contributed by atoms with van der Waals surface area (Å²) in [7, 11) is 1.79. The number of hydrogen-bond donors (Lipinski definition) is 0. The Morgan fingerprint density at radius 3 is 3.06 bits per heavy atom. The first-order valence-electron chi connectivity index (χ1n) is 7.10. The Bertz CT molecular complexity index is 313. The Labute approximate surface area is 110 Å². The zero-order chi connectivity index (χ0) is 12.6. The number of piperidine rings is 1. The Morgan fingerprint density at radius 1 is 1.33 bits per heavy atom. The average molecular weight is 251 g/mol. The predicted molar refractivity (Wildman–Crippen MR) is 72.5 cm³/mol. The molecule has 18 heavy (non-hydrogen) atoms. The van der Waals surface area contributed by atoms with E-state index in [1.807, 2.05) is 23.1 Å². The molecule has 0 aliphatic carbocycles. The van der Waals surface area contributed by atoms with Crippen molar-refractivity contribution in [2.24, 2.45) is 0 Å². The lowest BCUT2D eigenvalue weighted by Gasteiger charge is -2.35. The number of rotatable bonds is 7. The summed E-state index contributed by atoms with van der Waals surface area (Å²) >= 11 is 0. The normalized spacial score (nSPS) is 21.3. The van der Waals surface area contributed by atoms with Crippen LogP contribution < -0.4 is 0 Å². The zero-order valence-electron chi connectivity index (χ0n) is 11.4. The van der Waals surface area contributed by atoms with Crippen LogP contribution in [0.2, 0.25) is 0 Å². The van der Waals surface area contributed by atoms with E-state index >= 15 is 0 Å². The second-order valence-corrected chi connectivity index (χ2v) is 5.09. The molecule has 0 aromatic carbocycles. The van der Waals surface area contributed by atoms with Crippen molar-refractivity contribution in [3.8, 4) is 0 Å². The topological polar surface area (TPSA) is 30.3 Å². The van der Waals surface area contributed by atoms with Gasteiger partial charge in [0.05, 0.1) is 6.54 Å². The van der Waals surface area contributed by atoms with E-state index in [1.54, 1.807) is 7.11 Å². The molecule has 1 aliphatic rings. The largest absolute Gasteiger partial charge is 0.385 e. The van der Waals surface area contributed by atoms with Gasteiger partial charge in [0, 0.05) is 38.7 Å². The standard InChI is InChI=1S/C14H25N3O/c1-18-13-4-7-14-6-2-3-9-16(14)11-12-17-10-5-8-15-17/h5,8,10,14H,2-4,6-7,9,11-13H2,1H3/t14-/m1/s1. The van der Waals surface area contributed by atoms with Crippen LogP contribution in [0, 0.1) is 0 Å². The van der Waals surface area contributed by atoms with Crippen LogP contribution >= 0.6 is 0 Å². The number of ether oxygens (including phenoxy) is 1. The summed E-state index contributed by atoms with van der Waals surface area (Å²) in [5.74, 6) is 0. The molecule has 1 aromatic heterocycles. The van der Waals surface area contributed by atoms with Crippen LogP contribution in [0.4, 0.5) is 0 Å². The van der Waals surface area contributed by atoms with E-state index in [1.165, 1.54) is 38.6 Å². The molecular weight excluding hydrogens is 226 g/mol. The maximum absolute atomic E-state index is 5.15. The number of hydrogen-bond acceptors (Lipinski definition) is 3. The van der Waals surface area contributed by atoms with Gasteiger partial charge in [0.2, 0.25) is 0 Å². The van der Waals surface area contributed by atoms with Crippen molar-refractivity contribution in [2.75, 3.05) is 26.8 Å². The molecule has 0 bridgehead atoms. The first-order chi connectivity index (χ1) is 8.90. The molecule has 0 spiro atoms. The molecule has 0 amide bonds. The van der Waals surface area contributed by atoms with Gasteiger partial charge < -0.3 is 4.74 Å². The Kier molecular flexibility index (Phi) is 5.68. The lowest BCUT2D eigenvalue weighted by molar-refractivity contribution is 0.118. The van der Waals surface area contributed by atoms with Crippen molar-refractivity contribution in [3.63, 3.8) is 0 Å². The van der Waals surface area contributed by atoms with Gasteiger partial charge in [0.25, 0.3) is 0 Å². The van der Waals surface area contributed by atoms with Crippen LogP contribution in [-0.4, -0.2) is 47.5 Å². The lowest BCUT2D eigenvalue weighted by atomic mass is 9.98. The van der Waals surface area contributed by atoms with Crippen molar-refractivity contribution in [1.29, 1.82) is 0 Å². The van der Waals surface area contributed by atoms with Gasteiger partial charge in [-0.05, 0) is 38.3 Å². The highest BCUT2D eigenvalue weighted by Gasteiger charge is 2.21.